The van der Waals surface area contributed by atoms with E-state index in [0.717, 1.165) is 5.56 Å². The second-order valence-electron chi connectivity index (χ2n) is 7.21. The molecule has 1 rings (SSSR count). The van der Waals surface area contributed by atoms with Crippen LogP contribution in [0.25, 0.3) is 0 Å². The van der Waals surface area contributed by atoms with Crippen molar-refractivity contribution in [2.75, 3.05) is 13.1 Å². The summed E-state index contributed by atoms with van der Waals surface area (Å²) in [4.78, 5) is 35.1. The summed E-state index contributed by atoms with van der Waals surface area (Å²) in [6.45, 7) is 4.82. The van der Waals surface area contributed by atoms with Gasteiger partial charge in [-0.15, -0.1) is 0 Å². The Bertz CT molecular complexity index is 686. The van der Waals surface area contributed by atoms with Crippen molar-refractivity contribution in [1.29, 1.82) is 5.41 Å². The van der Waals surface area contributed by atoms with Crippen LogP contribution in [-0.2, 0) is 20.8 Å². The smallest absolute Gasteiger partial charge is 0.304 e. The van der Waals surface area contributed by atoms with Gasteiger partial charge < -0.3 is 21.5 Å². The minimum atomic E-state index is -1.01. The molecule has 0 spiro atoms. The average molecular weight is 390 g/mol. The van der Waals surface area contributed by atoms with Gasteiger partial charge in [-0.3, -0.25) is 19.8 Å². The molecule has 0 saturated heterocycles. The number of benzene rings is 1. The van der Waals surface area contributed by atoms with Gasteiger partial charge in [-0.1, -0.05) is 38.1 Å². The number of amides is 2. The van der Waals surface area contributed by atoms with E-state index in [2.05, 4.69) is 10.6 Å². The number of carboxylic acid groups (broad SMARTS) is 1. The molecule has 8 nitrogen and oxygen atoms in total. The van der Waals surface area contributed by atoms with Crippen molar-refractivity contribution < 1.29 is 19.5 Å². The molecule has 28 heavy (non-hydrogen) atoms. The highest BCUT2D eigenvalue weighted by atomic mass is 16.4. The molecule has 0 aliphatic heterocycles. The number of carboxylic acids is 1. The molecule has 154 valence electrons. The third-order valence-electron chi connectivity index (χ3n) is 4.16. The summed E-state index contributed by atoms with van der Waals surface area (Å²) in [5.74, 6) is -1.76. The Morgan fingerprint density at radius 1 is 1.14 bits per heavy atom. The molecule has 0 aliphatic rings. The molecule has 0 aromatic heterocycles. The number of nitrogen functional groups attached to an aromatic ring is 1. The zero-order valence-electron chi connectivity index (χ0n) is 16.5. The van der Waals surface area contributed by atoms with Crippen molar-refractivity contribution in [2.24, 2.45) is 17.6 Å². The number of hydrogen-bond donors (Lipinski definition) is 5. The Morgan fingerprint density at radius 2 is 1.79 bits per heavy atom. The van der Waals surface area contributed by atoms with Gasteiger partial charge in [-0.25, -0.2) is 0 Å². The lowest BCUT2D eigenvalue weighted by Gasteiger charge is -2.16. The van der Waals surface area contributed by atoms with Crippen LogP contribution in [0, 0.1) is 17.2 Å². The van der Waals surface area contributed by atoms with Crippen LogP contribution in [0.1, 0.15) is 44.2 Å². The number of carbonyl (C=O) groups excluding carboxylic acids is 2. The largest absolute Gasteiger partial charge is 0.481 e. The fourth-order valence-corrected chi connectivity index (χ4v) is 2.61. The Labute approximate surface area is 165 Å². The van der Waals surface area contributed by atoms with Crippen molar-refractivity contribution in [2.45, 2.75) is 39.5 Å². The second kappa shape index (κ2) is 11.7. The Hall–Kier alpha value is -2.90. The predicted octanol–water partition coefficient (Wildman–Crippen LogP) is 1.27. The molecular formula is C20H30N4O4. The SMILES string of the molecule is CC(C)CNC(=O)[C@@H](CCCNC(=O)Cc1ccc(C(=N)N)cc1)CC(=O)O. The van der Waals surface area contributed by atoms with Crippen LogP contribution < -0.4 is 16.4 Å². The van der Waals surface area contributed by atoms with E-state index in [9.17, 15) is 14.4 Å². The molecule has 2 amide bonds. The Kier molecular flexibility index (Phi) is 9.70. The molecule has 1 atom stereocenters. The third kappa shape index (κ3) is 9.16. The van der Waals surface area contributed by atoms with Crippen LogP contribution in [0.15, 0.2) is 24.3 Å². The van der Waals surface area contributed by atoms with E-state index in [1.54, 1.807) is 24.3 Å². The van der Waals surface area contributed by atoms with Crippen LogP contribution in [0.5, 0.6) is 0 Å². The summed E-state index contributed by atoms with van der Waals surface area (Å²) in [5, 5.41) is 21.9. The lowest BCUT2D eigenvalue weighted by molar-refractivity contribution is -0.141. The fraction of sp³-hybridized carbons (Fsp3) is 0.500. The normalized spacial score (nSPS) is 11.7. The summed E-state index contributed by atoms with van der Waals surface area (Å²) in [6.07, 6.45) is 0.887. The highest BCUT2D eigenvalue weighted by molar-refractivity contribution is 5.95. The van der Waals surface area contributed by atoms with E-state index >= 15 is 0 Å². The van der Waals surface area contributed by atoms with Gasteiger partial charge in [0.2, 0.25) is 11.8 Å². The molecule has 0 radical (unpaired) electrons. The van der Waals surface area contributed by atoms with E-state index < -0.39 is 11.9 Å². The number of rotatable bonds is 12. The molecule has 6 N–H and O–H groups in total. The summed E-state index contributed by atoms with van der Waals surface area (Å²) >= 11 is 0. The molecule has 0 saturated carbocycles. The summed E-state index contributed by atoms with van der Waals surface area (Å²) in [7, 11) is 0. The quantitative estimate of drug-likeness (QED) is 0.207. The topological polar surface area (TPSA) is 145 Å². The van der Waals surface area contributed by atoms with Crippen LogP contribution in [0.3, 0.4) is 0 Å². The lowest BCUT2D eigenvalue weighted by atomic mass is 9.98. The zero-order chi connectivity index (χ0) is 21.1. The second-order valence-corrected chi connectivity index (χ2v) is 7.21. The molecule has 0 bridgehead atoms. The van der Waals surface area contributed by atoms with Crippen molar-refractivity contribution in [1.82, 2.24) is 10.6 Å². The van der Waals surface area contributed by atoms with Gasteiger partial charge >= 0.3 is 5.97 Å². The first kappa shape index (κ1) is 23.1. The lowest BCUT2D eigenvalue weighted by Crippen LogP contribution is -2.35. The van der Waals surface area contributed by atoms with Gasteiger partial charge in [-0.2, -0.15) is 0 Å². The monoisotopic (exact) mass is 390 g/mol. The first-order chi connectivity index (χ1) is 13.2. The van der Waals surface area contributed by atoms with Gasteiger partial charge in [0.15, 0.2) is 0 Å². The van der Waals surface area contributed by atoms with Gasteiger partial charge in [0.25, 0.3) is 0 Å². The van der Waals surface area contributed by atoms with Crippen molar-refractivity contribution in [3.63, 3.8) is 0 Å². The molecule has 1 aromatic carbocycles. The maximum absolute atomic E-state index is 12.1. The number of aliphatic carboxylic acids is 1. The van der Waals surface area contributed by atoms with Crippen LogP contribution in [-0.4, -0.2) is 41.8 Å². The van der Waals surface area contributed by atoms with Gasteiger partial charge in [-0.05, 0) is 24.3 Å². The maximum Gasteiger partial charge on any atom is 0.304 e. The van der Waals surface area contributed by atoms with E-state index in [1.807, 2.05) is 13.8 Å². The molecule has 0 aliphatic carbocycles. The molecule has 1 aromatic rings. The van der Waals surface area contributed by atoms with Crippen molar-refractivity contribution in [3.8, 4) is 0 Å². The van der Waals surface area contributed by atoms with Crippen LogP contribution in [0.4, 0.5) is 0 Å². The van der Waals surface area contributed by atoms with Crippen LogP contribution in [0.2, 0.25) is 0 Å². The number of nitrogens with two attached hydrogens (primary N) is 1. The molecule has 0 fully saturated rings. The summed E-state index contributed by atoms with van der Waals surface area (Å²) < 4.78 is 0. The number of amidine groups is 1. The van der Waals surface area contributed by atoms with E-state index in [4.69, 9.17) is 16.2 Å². The van der Waals surface area contributed by atoms with Crippen molar-refractivity contribution in [3.05, 3.63) is 35.4 Å². The number of nitrogens with one attached hydrogen (secondary N) is 3. The van der Waals surface area contributed by atoms with Gasteiger partial charge in [0.05, 0.1) is 12.8 Å². The first-order valence-corrected chi connectivity index (χ1v) is 9.38. The first-order valence-electron chi connectivity index (χ1n) is 9.38. The Balaban J connectivity index is 2.40. The Morgan fingerprint density at radius 3 is 2.32 bits per heavy atom. The zero-order valence-corrected chi connectivity index (χ0v) is 16.5. The minimum Gasteiger partial charge on any atom is -0.481 e. The number of hydrogen-bond acceptors (Lipinski definition) is 4. The molecular weight excluding hydrogens is 360 g/mol. The molecule has 8 heteroatoms. The summed E-state index contributed by atoms with van der Waals surface area (Å²) in [5.41, 5.74) is 6.80. The van der Waals surface area contributed by atoms with Crippen molar-refractivity contribution >= 4 is 23.6 Å². The van der Waals surface area contributed by atoms with E-state index in [-0.39, 0.29) is 30.5 Å². The van der Waals surface area contributed by atoms with E-state index in [0.29, 0.717) is 37.4 Å². The highest BCUT2D eigenvalue weighted by Gasteiger charge is 2.21. The maximum atomic E-state index is 12.1. The van der Waals surface area contributed by atoms with E-state index in [1.165, 1.54) is 0 Å². The standard InChI is InChI=1S/C20H30N4O4/c1-13(2)12-24-20(28)16(11-18(26)27)4-3-9-23-17(25)10-14-5-7-15(8-6-14)19(21)22/h5-8,13,16H,3-4,9-12H2,1-2H3,(H3,21,22)(H,23,25)(H,24,28)(H,26,27)/t16-/m0/s1. The fourth-order valence-electron chi connectivity index (χ4n) is 2.61. The average Bonchev–Trinajstić information content (AvgIpc) is 2.62. The highest BCUT2D eigenvalue weighted by Crippen LogP contribution is 2.12. The van der Waals surface area contributed by atoms with Crippen LogP contribution >= 0.6 is 0 Å². The number of carbonyl (C=O) groups is 3. The van der Waals surface area contributed by atoms with Gasteiger partial charge in [0, 0.05) is 24.6 Å². The molecule has 0 unspecified atom stereocenters. The van der Waals surface area contributed by atoms with Gasteiger partial charge in [0.1, 0.15) is 5.84 Å². The minimum absolute atomic E-state index is 0.0238. The summed E-state index contributed by atoms with van der Waals surface area (Å²) in [6, 6.07) is 6.88. The predicted molar refractivity (Wildman–Crippen MR) is 107 cm³/mol. The third-order valence-corrected chi connectivity index (χ3v) is 4.16. The molecule has 0 heterocycles.